The van der Waals surface area contributed by atoms with Gasteiger partial charge in [0, 0.05) is 38.9 Å². The van der Waals surface area contributed by atoms with Gasteiger partial charge < -0.3 is 60.5 Å². The molecule has 2 atom stereocenters. The number of amides is 4. The summed E-state index contributed by atoms with van der Waals surface area (Å²) in [5.74, 6) is -3.46. The number of likely N-dealkylation sites (N-methyl/N-ethyl adjacent to an activating group) is 1. The van der Waals surface area contributed by atoms with Crippen molar-refractivity contribution in [1.82, 2.24) is 26.6 Å². The van der Waals surface area contributed by atoms with Crippen LogP contribution in [0.15, 0.2) is 0 Å². The Morgan fingerprint density at radius 1 is 0.452 bits per heavy atom. The molecule has 0 aliphatic carbocycles. The molecule has 0 fully saturated rings. The number of nitrogens with one attached hydrogen (secondary N) is 5. The fraction of sp³-hybridized carbons (Fsp3) is 0.837. The number of esters is 1. The van der Waals surface area contributed by atoms with Gasteiger partial charge in [-0.2, -0.15) is 0 Å². The van der Waals surface area contributed by atoms with Crippen LogP contribution in [0.1, 0.15) is 135 Å². The molecule has 0 aromatic rings. The molecule has 62 heavy (non-hydrogen) atoms. The van der Waals surface area contributed by atoms with E-state index in [0.717, 1.165) is 51.4 Å². The molecule has 0 bridgehead atoms. The molecule has 0 radical (unpaired) electrons. The van der Waals surface area contributed by atoms with Gasteiger partial charge in [-0.15, -0.1) is 0 Å². The highest BCUT2D eigenvalue weighted by atomic mass is 16.5. The summed E-state index contributed by atoms with van der Waals surface area (Å²) >= 11 is 0. The van der Waals surface area contributed by atoms with Crippen molar-refractivity contribution in [3.8, 4) is 0 Å². The smallest absolute Gasteiger partial charge is 0.326 e. The number of carboxylic acids is 2. The predicted octanol–water partition coefficient (Wildman–Crippen LogP) is 3.01. The third-order valence-corrected chi connectivity index (χ3v) is 9.76. The van der Waals surface area contributed by atoms with E-state index in [0.29, 0.717) is 19.4 Å². The van der Waals surface area contributed by atoms with Gasteiger partial charge in [-0.05, 0) is 45.6 Å². The Morgan fingerprint density at radius 2 is 0.903 bits per heavy atom. The minimum Gasteiger partial charge on any atom is -0.481 e. The van der Waals surface area contributed by atoms with Crippen LogP contribution in [0.25, 0.3) is 0 Å². The van der Waals surface area contributed by atoms with Gasteiger partial charge in [0.15, 0.2) is 0 Å². The zero-order chi connectivity index (χ0) is 45.9. The lowest BCUT2D eigenvalue weighted by molar-refractivity contribution is -0.143. The maximum absolute atomic E-state index is 12.3. The maximum Gasteiger partial charge on any atom is 0.326 e. The maximum atomic E-state index is 12.3. The van der Waals surface area contributed by atoms with Crippen LogP contribution in [0.3, 0.4) is 0 Å². The molecule has 0 aliphatic heterocycles. The molecule has 0 saturated heterocycles. The minimum absolute atomic E-state index is 0.0281. The molecule has 2 unspecified atom stereocenters. The van der Waals surface area contributed by atoms with Gasteiger partial charge in [0.25, 0.3) is 0 Å². The lowest BCUT2D eigenvalue weighted by Gasteiger charge is -2.14. The lowest BCUT2D eigenvalue weighted by Crippen LogP contribution is -2.41. The monoisotopic (exact) mass is 890 g/mol. The van der Waals surface area contributed by atoms with Gasteiger partial charge in [-0.1, -0.05) is 77.0 Å². The average molecular weight is 890 g/mol. The van der Waals surface area contributed by atoms with Crippen LogP contribution < -0.4 is 26.6 Å². The Morgan fingerprint density at radius 3 is 1.37 bits per heavy atom. The Labute approximate surface area is 368 Å². The number of carbonyl (C=O) groups is 7. The fourth-order valence-corrected chi connectivity index (χ4v) is 6.19. The number of hydrogen-bond donors (Lipinski definition) is 7. The van der Waals surface area contributed by atoms with E-state index in [1.165, 1.54) is 52.1 Å². The average Bonchev–Trinajstić information content (AvgIpc) is 3.24. The number of hydrogen-bond acceptors (Lipinski definition) is 13. The second-order valence-corrected chi connectivity index (χ2v) is 15.1. The molecule has 4 amide bonds. The zero-order valence-electron chi connectivity index (χ0n) is 37.6. The van der Waals surface area contributed by atoms with E-state index in [2.05, 4.69) is 26.6 Å². The first-order valence-electron chi connectivity index (χ1n) is 22.6. The van der Waals surface area contributed by atoms with Crippen LogP contribution >= 0.6 is 0 Å². The third kappa shape index (κ3) is 39.0. The molecule has 19 nitrogen and oxygen atoms in total. The second-order valence-electron chi connectivity index (χ2n) is 15.1. The van der Waals surface area contributed by atoms with E-state index < -0.39 is 18.0 Å². The van der Waals surface area contributed by atoms with Crippen molar-refractivity contribution in [2.45, 2.75) is 147 Å². The highest BCUT2D eigenvalue weighted by Gasteiger charge is 2.21. The van der Waals surface area contributed by atoms with Gasteiger partial charge in [-0.3, -0.25) is 28.8 Å². The van der Waals surface area contributed by atoms with Crippen LogP contribution in [-0.4, -0.2) is 150 Å². The number of carbonyl (C=O) groups excluding carboxylic acids is 5. The van der Waals surface area contributed by atoms with Crippen molar-refractivity contribution in [2.24, 2.45) is 0 Å². The molecular weight excluding hydrogens is 810 g/mol. The van der Waals surface area contributed by atoms with Crippen LogP contribution in [0.2, 0.25) is 0 Å². The molecule has 0 aromatic heterocycles. The molecule has 0 aliphatic rings. The molecule has 0 saturated carbocycles. The van der Waals surface area contributed by atoms with Gasteiger partial charge in [0.05, 0.1) is 46.8 Å². The molecular formula is C43H79N5O14. The number of methoxy groups -OCH3 is 1. The van der Waals surface area contributed by atoms with Crippen molar-refractivity contribution >= 4 is 41.5 Å². The Hall–Kier alpha value is -3.91. The number of ether oxygens (including phenoxy) is 5. The number of carboxylic acid groups (broad SMARTS) is 2. The van der Waals surface area contributed by atoms with E-state index >= 15 is 0 Å². The quantitative estimate of drug-likeness (QED) is 0.0342. The normalized spacial score (nSPS) is 12.0. The molecule has 0 heterocycles. The molecule has 19 heteroatoms. The summed E-state index contributed by atoms with van der Waals surface area (Å²) in [6.07, 6.45) is 17.5. The summed E-state index contributed by atoms with van der Waals surface area (Å²) in [5.41, 5.74) is 0. The highest BCUT2D eigenvalue weighted by molar-refractivity contribution is 5.84. The second kappa shape index (κ2) is 42.4. The van der Waals surface area contributed by atoms with E-state index in [9.17, 15) is 38.7 Å². The van der Waals surface area contributed by atoms with Gasteiger partial charge >= 0.3 is 17.9 Å². The first-order chi connectivity index (χ1) is 30.0. The molecule has 0 rings (SSSR count). The van der Waals surface area contributed by atoms with Gasteiger partial charge in [0.2, 0.25) is 23.6 Å². The summed E-state index contributed by atoms with van der Waals surface area (Å²) in [6.45, 7) is 1.99. The topological polar surface area (TPSA) is 266 Å². The summed E-state index contributed by atoms with van der Waals surface area (Å²) in [6, 6.07) is -1.50. The first kappa shape index (κ1) is 58.1. The van der Waals surface area contributed by atoms with Gasteiger partial charge in [-0.25, -0.2) is 4.79 Å². The molecule has 0 aromatic carbocycles. The van der Waals surface area contributed by atoms with E-state index in [1.54, 1.807) is 7.05 Å². The SMILES string of the molecule is CNC(CCCCNC(=O)COCCOCCNC(=O)COCCOCCNC(=O)CCC(NC(=O)CCCCCCCCCCCCCCCCC(=O)O)C(=O)O)C(=O)OC. The number of aliphatic carboxylic acids is 2. The minimum atomic E-state index is -1.18. The van der Waals surface area contributed by atoms with Crippen molar-refractivity contribution < 1.29 is 67.5 Å². The van der Waals surface area contributed by atoms with Crippen molar-refractivity contribution in [2.75, 3.05) is 86.6 Å². The number of rotatable bonds is 45. The van der Waals surface area contributed by atoms with E-state index in [-0.39, 0.29) is 127 Å². The predicted molar refractivity (Wildman–Crippen MR) is 231 cm³/mol. The Kier molecular flexibility index (Phi) is 39.7. The Balaban J connectivity index is 3.66. The summed E-state index contributed by atoms with van der Waals surface area (Å²) < 4.78 is 26.1. The number of unbranched alkanes of at least 4 members (excludes halogenated alkanes) is 14. The fourth-order valence-electron chi connectivity index (χ4n) is 6.19. The highest BCUT2D eigenvalue weighted by Crippen LogP contribution is 2.14. The van der Waals surface area contributed by atoms with Crippen LogP contribution in [0.4, 0.5) is 0 Å². The zero-order valence-corrected chi connectivity index (χ0v) is 37.6. The summed E-state index contributed by atoms with van der Waals surface area (Å²) in [5, 5.41) is 31.7. The standard InChI is InChI=1S/C43H79N5O14/c1-44-36(43(57)58-2)19-17-18-24-45-39(51)33-61-31-30-60-28-26-47-40(52)34-62-32-29-59-27-25-46-37(49)23-22-35(42(55)56)48-38(50)20-15-13-11-9-7-5-3-4-6-8-10-12-14-16-21-41(53)54/h35-36,44H,3-34H2,1-2H3,(H,45,51)(H,46,49)(H,47,52)(H,48,50)(H,53,54)(H,55,56). The first-order valence-corrected chi connectivity index (χ1v) is 22.6. The lowest BCUT2D eigenvalue weighted by atomic mass is 10.0. The van der Waals surface area contributed by atoms with Crippen LogP contribution in [-0.2, 0) is 57.2 Å². The Bertz CT molecular complexity index is 1210. The summed E-state index contributed by atoms with van der Waals surface area (Å²) in [4.78, 5) is 82.0. The van der Waals surface area contributed by atoms with Crippen molar-refractivity contribution in [3.63, 3.8) is 0 Å². The van der Waals surface area contributed by atoms with Crippen molar-refractivity contribution in [3.05, 3.63) is 0 Å². The van der Waals surface area contributed by atoms with Gasteiger partial charge in [0.1, 0.15) is 25.3 Å². The molecule has 360 valence electrons. The van der Waals surface area contributed by atoms with Crippen LogP contribution in [0, 0.1) is 0 Å². The molecule has 7 N–H and O–H groups in total. The largest absolute Gasteiger partial charge is 0.481 e. The van der Waals surface area contributed by atoms with Crippen LogP contribution in [0.5, 0.6) is 0 Å². The third-order valence-electron chi connectivity index (χ3n) is 9.76. The van der Waals surface area contributed by atoms with E-state index in [4.69, 9.17) is 28.8 Å². The summed E-state index contributed by atoms with van der Waals surface area (Å²) in [7, 11) is 3.04. The van der Waals surface area contributed by atoms with Crippen molar-refractivity contribution in [1.29, 1.82) is 0 Å². The van der Waals surface area contributed by atoms with E-state index in [1.807, 2.05) is 0 Å². The molecule has 0 spiro atoms.